The predicted octanol–water partition coefficient (Wildman–Crippen LogP) is 0.0776. The summed E-state index contributed by atoms with van der Waals surface area (Å²) in [6, 6.07) is 0. The number of piperazine rings is 1. The van der Waals surface area contributed by atoms with Crippen LogP contribution in [0.5, 0.6) is 0 Å². The van der Waals surface area contributed by atoms with E-state index in [0.717, 1.165) is 64.8 Å². The number of β-amino-alcohol motifs (C(OH)–C–C–N with tert-alkyl or cyclic N) is 2. The second kappa shape index (κ2) is 8.44. The first kappa shape index (κ1) is 17.2. The minimum absolute atomic E-state index is 0.235. The maximum atomic E-state index is 10.3. The lowest BCUT2D eigenvalue weighted by molar-refractivity contribution is 0.0337. The van der Waals surface area contributed by atoms with Crippen LogP contribution in [0.3, 0.4) is 0 Å². The van der Waals surface area contributed by atoms with Gasteiger partial charge in [-0.05, 0) is 38.8 Å². The van der Waals surface area contributed by atoms with Crippen molar-refractivity contribution in [3.8, 4) is 0 Å². The van der Waals surface area contributed by atoms with Gasteiger partial charge in [0.05, 0.1) is 12.2 Å². The van der Waals surface area contributed by atoms with E-state index < -0.39 is 0 Å². The van der Waals surface area contributed by atoms with Gasteiger partial charge >= 0.3 is 0 Å². The van der Waals surface area contributed by atoms with Gasteiger partial charge in [-0.15, -0.1) is 0 Å². The number of aliphatic hydroxyl groups excluding tert-OH is 2. The van der Waals surface area contributed by atoms with Crippen LogP contribution in [0.25, 0.3) is 0 Å². The lowest BCUT2D eigenvalue weighted by atomic mass is 9.99. The van der Waals surface area contributed by atoms with Crippen molar-refractivity contribution in [3.63, 3.8) is 0 Å². The average molecular weight is 299 g/mol. The molecule has 2 atom stereocenters. The second-order valence-electron chi connectivity index (χ2n) is 7.09. The highest BCUT2D eigenvalue weighted by Crippen LogP contribution is 2.16. The van der Waals surface area contributed by atoms with E-state index in [2.05, 4.69) is 21.6 Å². The van der Waals surface area contributed by atoms with Crippen LogP contribution in [0.15, 0.2) is 0 Å². The van der Waals surface area contributed by atoms with Gasteiger partial charge < -0.3 is 15.1 Å². The monoisotopic (exact) mass is 299 g/mol. The molecule has 21 heavy (non-hydrogen) atoms. The minimum atomic E-state index is -0.247. The predicted molar refractivity (Wildman–Crippen MR) is 85.4 cm³/mol. The van der Waals surface area contributed by atoms with Gasteiger partial charge in [-0.3, -0.25) is 9.80 Å². The normalized spacial score (nSPS) is 26.9. The summed E-state index contributed by atoms with van der Waals surface area (Å²) in [7, 11) is 0. The zero-order chi connectivity index (χ0) is 15.2. The lowest BCUT2D eigenvalue weighted by Crippen LogP contribution is -2.51. The third kappa shape index (κ3) is 6.20. The Morgan fingerprint density at radius 1 is 0.810 bits per heavy atom. The third-order valence-electron chi connectivity index (χ3n) is 4.80. The number of nitrogens with zero attached hydrogens (tertiary/aromatic N) is 3. The quantitative estimate of drug-likeness (QED) is 0.727. The van der Waals surface area contributed by atoms with Gasteiger partial charge in [-0.25, -0.2) is 0 Å². The molecule has 2 saturated heterocycles. The molecule has 2 N–H and O–H groups in total. The van der Waals surface area contributed by atoms with Crippen molar-refractivity contribution in [2.24, 2.45) is 5.92 Å². The molecule has 2 heterocycles. The number of rotatable bonds is 6. The summed E-state index contributed by atoms with van der Waals surface area (Å²) in [6.07, 6.45) is 2.06. The van der Waals surface area contributed by atoms with Gasteiger partial charge in [-0.2, -0.15) is 0 Å². The van der Waals surface area contributed by atoms with E-state index in [1.165, 1.54) is 12.8 Å². The fourth-order valence-corrected chi connectivity index (χ4v) is 3.43. The molecular weight excluding hydrogens is 266 g/mol. The maximum Gasteiger partial charge on any atom is 0.0793 e. The zero-order valence-corrected chi connectivity index (χ0v) is 13.7. The molecule has 124 valence electrons. The van der Waals surface area contributed by atoms with E-state index >= 15 is 0 Å². The van der Waals surface area contributed by atoms with Crippen molar-refractivity contribution < 1.29 is 10.2 Å². The van der Waals surface area contributed by atoms with Crippen LogP contribution < -0.4 is 0 Å². The summed E-state index contributed by atoms with van der Waals surface area (Å²) in [5.41, 5.74) is 0. The average Bonchev–Trinajstić information content (AvgIpc) is 2.43. The van der Waals surface area contributed by atoms with Crippen LogP contribution in [0.4, 0.5) is 0 Å². The summed E-state index contributed by atoms with van der Waals surface area (Å²) >= 11 is 0. The van der Waals surface area contributed by atoms with Crippen LogP contribution >= 0.6 is 0 Å². The standard InChI is InChI=1S/C16H33N3O2/c1-14-3-5-17(6-4-14)12-16(21)13-19-9-7-18(8-10-19)11-15(2)20/h14-16,20-21H,3-13H2,1-2H3. The van der Waals surface area contributed by atoms with Gasteiger partial charge in [0.15, 0.2) is 0 Å². The fourth-order valence-electron chi connectivity index (χ4n) is 3.43. The van der Waals surface area contributed by atoms with Gasteiger partial charge in [0.2, 0.25) is 0 Å². The summed E-state index contributed by atoms with van der Waals surface area (Å²) in [6.45, 7) is 12.8. The molecular formula is C16H33N3O2. The van der Waals surface area contributed by atoms with Gasteiger partial charge in [0, 0.05) is 45.8 Å². The Labute approximate surface area is 129 Å². The highest BCUT2D eigenvalue weighted by atomic mass is 16.3. The Bertz CT molecular complexity index is 285. The molecule has 2 fully saturated rings. The molecule has 0 aromatic carbocycles. The number of hydrogen-bond donors (Lipinski definition) is 2. The molecule has 2 aliphatic rings. The SMILES string of the molecule is CC(O)CN1CCN(CC(O)CN2CCC(C)CC2)CC1. The minimum Gasteiger partial charge on any atom is -0.392 e. The Kier molecular flexibility index (Phi) is 6.89. The maximum absolute atomic E-state index is 10.3. The first-order valence-corrected chi connectivity index (χ1v) is 8.56. The van der Waals surface area contributed by atoms with Crippen LogP contribution in [0, 0.1) is 5.92 Å². The van der Waals surface area contributed by atoms with Crippen molar-refractivity contribution in [2.45, 2.75) is 38.9 Å². The third-order valence-corrected chi connectivity index (χ3v) is 4.80. The Morgan fingerprint density at radius 3 is 1.71 bits per heavy atom. The molecule has 0 aliphatic carbocycles. The van der Waals surface area contributed by atoms with Crippen molar-refractivity contribution in [3.05, 3.63) is 0 Å². The number of hydrogen-bond acceptors (Lipinski definition) is 5. The number of aliphatic hydroxyl groups is 2. The summed E-state index contributed by atoms with van der Waals surface area (Å²) in [5, 5.41) is 19.7. The lowest BCUT2D eigenvalue weighted by Gasteiger charge is -2.37. The number of likely N-dealkylation sites (tertiary alicyclic amines) is 1. The molecule has 5 heteroatoms. The largest absolute Gasteiger partial charge is 0.392 e. The molecule has 0 saturated carbocycles. The Morgan fingerprint density at radius 2 is 1.24 bits per heavy atom. The molecule has 2 aliphatic heterocycles. The molecule has 0 aromatic heterocycles. The zero-order valence-electron chi connectivity index (χ0n) is 13.7. The molecule has 5 nitrogen and oxygen atoms in total. The van der Waals surface area contributed by atoms with Crippen LogP contribution in [-0.2, 0) is 0 Å². The van der Waals surface area contributed by atoms with Crippen molar-refractivity contribution in [1.29, 1.82) is 0 Å². The topological polar surface area (TPSA) is 50.2 Å². The van der Waals surface area contributed by atoms with E-state index in [4.69, 9.17) is 0 Å². The van der Waals surface area contributed by atoms with E-state index in [1.54, 1.807) is 0 Å². The van der Waals surface area contributed by atoms with Crippen molar-refractivity contribution in [2.75, 3.05) is 58.9 Å². The van der Waals surface area contributed by atoms with Crippen molar-refractivity contribution >= 4 is 0 Å². The smallest absolute Gasteiger partial charge is 0.0793 e. The first-order valence-electron chi connectivity index (χ1n) is 8.56. The molecule has 0 aromatic rings. The van der Waals surface area contributed by atoms with E-state index in [1.807, 2.05) is 6.92 Å². The summed E-state index contributed by atoms with van der Waals surface area (Å²) in [4.78, 5) is 7.07. The van der Waals surface area contributed by atoms with E-state index in [0.29, 0.717) is 0 Å². The van der Waals surface area contributed by atoms with Crippen LogP contribution in [-0.4, -0.2) is 96.0 Å². The van der Waals surface area contributed by atoms with Gasteiger partial charge in [-0.1, -0.05) is 6.92 Å². The highest BCUT2D eigenvalue weighted by molar-refractivity contribution is 4.78. The molecule has 0 bridgehead atoms. The van der Waals surface area contributed by atoms with Gasteiger partial charge in [0.25, 0.3) is 0 Å². The number of piperidine rings is 1. The second-order valence-corrected chi connectivity index (χ2v) is 7.09. The molecule has 2 unspecified atom stereocenters. The fraction of sp³-hybridized carbons (Fsp3) is 1.00. The Hall–Kier alpha value is -0.200. The Balaban J connectivity index is 1.61. The van der Waals surface area contributed by atoms with Gasteiger partial charge in [0.1, 0.15) is 0 Å². The van der Waals surface area contributed by atoms with Crippen molar-refractivity contribution in [1.82, 2.24) is 14.7 Å². The van der Waals surface area contributed by atoms with E-state index in [9.17, 15) is 10.2 Å². The first-order chi connectivity index (χ1) is 10.0. The summed E-state index contributed by atoms with van der Waals surface area (Å²) < 4.78 is 0. The molecule has 2 rings (SSSR count). The van der Waals surface area contributed by atoms with Crippen LogP contribution in [0.1, 0.15) is 26.7 Å². The van der Waals surface area contributed by atoms with E-state index in [-0.39, 0.29) is 12.2 Å². The highest BCUT2D eigenvalue weighted by Gasteiger charge is 2.22. The molecule has 0 radical (unpaired) electrons. The molecule has 0 spiro atoms. The summed E-state index contributed by atoms with van der Waals surface area (Å²) in [5.74, 6) is 0.848. The molecule has 0 amide bonds. The van der Waals surface area contributed by atoms with Crippen LogP contribution in [0.2, 0.25) is 0 Å².